The highest BCUT2D eigenvalue weighted by molar-refractivity contribution is 6.32. The number of imide groups is 1. The largest absolute Gasteiger partial charge is 0.416 e. The molecule has 1 aromatic carbocycles. The van der Waals surface area contributed by atoms with Crippen molar-refractivity contribution >= 4 is 35.3 Å². The normalized spacial score (nSPS) is 17.7. The molecular formula is C21H21ClF3N5O3. The van der Waals surface area contributed by atoms with E-state index >= 15 is 0 Å². The quantitative estimate of drug-likeness (QED) is 0.627. The first-order valence-corrected chi connectivity index (χ1v) is 10.8. The van der Waals surface area contributed by atoms with Gasteiger partial charge in [0.05, 0.1) is 22.0 Å². The van der Waals surface area contributed by atoms with Gasteiger partial charge in [0, 0.05) is 19.0 Å². The first-order valence-electron chi connectivity index (χ1n) is 10.4. The Kier molecular flexibility index (Phi) is 5.85. The number of halogens is 4. The maximum atomic E-state index is 13.1. The zero-order valence-corrected chi connectivity index (χ0v) is 18.4. The molecule has 1 spiro atoms. The van der Waals surface area contributed by atoms with E-state index < -0.39 is 29.2 Å². The number of urea groups is 1. The van der Waals surface area contributed by atoms with Crippen LogP contribution in [0.1, 0.15) is 43.4 Å². The van der Waals surface area contributed by atoms with Gasteiger partial charge in [0.15, 0.2) is 0 Å². The van der Waals surface area contributed by atoms with Gasteiger partial charge >= 0.3 is 12.2 Å². The number of aromatic nitrogens is 2. The Morgan fingerprint density at radius 3 is 2.61 bits per heavy atom. The summed E-state index contributed by atoms with van der Waals surface area (Å²) < 4.78 is 40.6. The fourth-order valence-corrected chi connectivity index (χ4v) is 4.44. The number of alkyl halides is 3. The number of hydrogen-bond donors (Lipinski definition) is 2. The van der Waals surface area contributed by atoms with Gasteiger partial charge in [-0.1, -0.05) is 24.4 Å². The molecule has 1 saturated heterocycles. The minimum absolute atomic E-state index is 0.0165. The molecule has 4 amide bonds. The molecule has 12 heteroatoms. The summed E-state index contributed by atoms with van der Waals surface area (Å²) in [6.07, 6.45) is -1.91. The summed E-state index contributed by atoms with van der Waals surface area (Å²) in [6, 6.07) is 3.77. The molecule has 176 valence electrons. The highest BCUT2D eigenvalue weighted by Crippen LogP contribution is 2.36. The van der Waals surface area contributed by atoms with Crippen LogP contribution < -0.4 is 10.6 Å². The fourth-order valence-electron chi connectivity index (χ4n) is 4.24. The Morgan fingerprint density at radius 1 is 1.24 bits per heavy atom. The first-order chi connectivity index (χ1) is 15.5. The zero-order valence-electron chi connectivity index (χ0n) is 17.6. The van der Waals surface area contributed by atoms with Crippen LogP contribution in [0.15, 0.2) is 24.3 Å². The molecule has 2 heterocycles. The van der Waals surface area contributed by atoms with Gasteiger partial charge in [-0.25, -0.2) is 9.48 Å². The van der Waals surface area contributed by atoms with Crippen LogP contribution in [0.2, 0.25) is 5.02 Å². The number of hydrogen-bond acceptors (Lipinski definition) is 4. The third kappa shape index (κ3) is 4.41. The summed E-state index contributed by atoms with van der Waals surface area (Å²) in [5, 5.41) is 9.49. The zero-order chi connectivity index (χ0) is 24.0. The monoisotopic (exact) mass is 483 g/mol. The van der Waals surface area contributed by atoms with Gasteiger partial charge in [0.25, 0.3) is 5.91 Å². The van der Waals surface area contributed by atoms with Gasteiger partial charge in [-0.2, -0.15) is 18.3 Å². The number of benzene rings is 1. The summed E-state index contributed by atoms with van der Waals surface area (Å²) in [6.45, 7) is 1.50. The van der Waals surface area contributed by atoms with Crippen LogP contribution >= 0.6 is 11.6 Å². The third-order valence-electron chi connectivity index (χ3n) is 5.87. The lowest BCUT2D eigenvalue weighted by Crippen LogP contribution is -2.44. The highest BCUT2D eigenvalue weighted by Gasteiger charge is 2.52. The lowest BCUT2D eigenvalue weighted by atomic mass is 9.98. The topological polar surface area (TPSA) is 96.3 Å². The summed E-state index contributed by atoms with van der Waals surface area (Å²) in [5.41, 5.74) is -1.38. The third-order valence-corrected chi connectivity index (χ3v) is 6.19. The minimum Gasteiger partial charge on any atom is -0.323 e. The van der Waals surface area contributed by atoms with Crippen LogP contribution in [0.5, 0.6) is 0 Å². The van der Waals surface area contributed by atoms with Crippen molar-refractivity contribution in [3.63, 3.8) is 0 Å². The Morgan fingerprint density at radius 2 is 1.94 bits per heavy atom. The Hall–Kier alpha value is -3.08. The average molecular weight is 484 g/mol. The number of anilines is 1. The second kappa shape index (κ2) is 8.36. The molecular weight excluding hydrogens is 463 g/mol. The van der Waals surface area contributed by atoms with Gasteiger partial charge in [0.1, 0.15) is 11.4 Å². The molecule has 2 aliphatic rings. The number of carbonyl (C=O) groups is 3. The van der Waals surface area contributed by atoms with Gasteiger partial charge in [0.2, 0.25) is 5.91 Å². The maximum Gasteiger partial charge on any atom is 0.416 e. The molecule has 1 aliphatic carbocycles. The molecule has 1 aliphatic heterocycles. The van der Waals surface area contributed by atoms with Crippen LogP contribution in [0.25, 0.3) is 5.69 Å². The van der Waals surface area contributed by atoms with Crippen LogP contribution in [-0.4, -0.2) is 44.6 Å². The minimum atomic E-state index is -4.58. The van der Waals surface area contributed by atoms with E-state index in [4.69, 9.17) is 11.6 Å². The predicted molar refractivity (Wildman–Crippen MR) is 113 cm³/mol. The number of nitrogens with one attached hydrogen (secondary N) is 2. The fraction of sp³-hybridized carbons (Fsp3) is 0.429. The van der Waals surface area contributed by atoms with Crippen LogP contribution in [0, 0.1) is 6.92 Å². The molecule has 0 unspecified atom stereocenters. The van der Waals surface area contributed by atoms with E-state index in [1.165, 1.54) is 6.07 Å². The lowest BCUT2D eigenvalue weighted by Gasteiger charge is -2.20. The van der Waals surface area contributed by atoms with Crippen molar-refractivity contribution in [2.24, 2.45) is 0 Å². The second-order valence-electron chi connectivity index (χ2n) is 8.22. The van der Waals surface area contributed by atoms with E-state index in [2.05, 4.69) is 15.7 Å². The Bertz CT molecular complexity index is 1120. The van der Waals surface area contributed by atoms with E-state index in [1.807, 2.05) is 0 Å². The number of amides is 4. The molecule has 1 aromatic heterocycles. The summed E-state index contributed by atoms with van der Waals surface area (Å²) in [4.78, 5) is 38.5. The van der Waals surface area contributed by atoms with Gasteiger partial charge in [-0.05, 0) is 38.0 Å². The molecule has 0 bridgehead atoms. The molecule has 2 fully saturated rings. The Balaban J connectivity index is 1.48. The summed E-state index contributed by atoms with van der Waals surface area (Å²) in [5.74, 6) is -0.746. The molecule has 0 radical (unpaired) electrons. The average Bonchev–Trinajstić information content (AvgIpc) is 3.40. The predicted octanol–water partition coefficient (Wildman–Crippen LogP) is 4.05. The second-order valence-corrected chi connectivity index (χ2v) is 8.63. The number of rotatable bonds is 5. The molecule has 0 atom stereocenters. The van der Waals surface area contributed by atoms with Crippen molar-refractivity contribution in [3.8, 4) is 5.69 Å². The molecule has 1 saturated carbocycles. The number of nitrogens with zero attached hydrogens (tertiary/aromatic N) is 3. The molecule has 2 N–H and O–H groups in total. The molecule has 8 nitrogen and oxygen atoms in total. The van der Waals surface area contributed by atoms with Crippen molar-refractivity contribution in [1.29, 1.82) is 0 Å². The molecule has 2 aromatic rings. The van der Waals surface area contributed by atoms with Gasteiger partial charge in [-0.3, -0.25) is 14.5 Å². The van der Waals surface area contributed by atoms with Crippen molar-refractivity contribution in [3.05, 3.63) is 40.5 Å². The standard InChI is InChI=1S/C21H21ClF3N5O3/c1-12-10-16(30(28-12)15-11-13(21(23,24)25)4-5-14(15)22)26-17(31)6-9-29-18(32)20(27-19(29)33)7-2-3-8-20/h4-5,10-11H,2-3,6-9H2,1H3,(H,26,31)(H,27,33). The van der Waals surface area contributed by atoms with Crippen molar-refractivity contribution in [1.82, 2.24) is 20.0 Å². The SMILES string of the molecule is Cc1cc(NC(=O)CCN2C(=O)NC3(CCCC3)C2=O)n(-c2cc(C(F)(F)F)ccc2Cl)n1. The van der Waals surface area contributed by atoms with E-state index in [0.29, 0.717) is 18.5 Å². The molecule has 4 rings (SSSR count). The van der Waals surface area contributed by atoms with E-state index in [-0.39, 0.29) is 35.4 Å². The van der Waals surface area contributed by atoms with E-state index in [9.17, 15) is 27.6 Å². The van der Waals surface area contributed by atoms with Gasteiger partial charge in [-0.15, -0.1) is 0 Å². The summed E-state index contributed by atoms with van der Waals surface area (Å²) in [7, 11) is 0. The molecule has 33 heavy (non-hydrogen) atoms. The smallest absolute Gasteiger partial charge is 0.323 e. The maximum absolute atomic E-state index is 13.1. The highest BCUT2D eigenvalue weighted by atomic mass is 35.5. The van der Waals surface area contributed by atoms with Crippen LogP contribution in [-0.2, 0) is 15.8 Å². The van der Waals surface area contributed by atoms with Crippen molar-refractivity contribution in [2.75, 3.05) is 11.9 Å². The summed E-state index contributed by atoms with van der Waals surface area (Å²) >= 11 is 6.11. The van der Waals surface area contributed by atoms with E-state index in [0.717, 1.165) is 40.6 Å². The lowest BCUT2D eigenvalue weighted by molar-refractivity contribution is -0.137. The first kappa shape index (κ1) is 23.1. The van der Waals surface area contributed by atoms with E-state index in [1.54, 1.807) is 6.92 Å². The number of carbonyl (C=O) groups excluding carboxylic acids is 3. The van der Waals surface area contributed by atoms with Crippen LogP contribution in [0.3, 0.4) is 0 Å². The number of aryl methyl sites for hydroxylation is 1. The Labute approximate surface area is 192 Å². The van der Waals surface area contributed by atoms with Crippen LogP contribution in [0.4, 0.5) is 23.8 Å². The van der Waals surface area contributed by atoms with Crippen molar-refractivity contribution < 1.29 is 27.6 Å². The van der Waals surface area contributed by atoms with Gasteiger partial charge < -0.3 is 10.6 Å². The van der Waals surface area contributed by atoms with Crippen molar-refractivity contribution in [2.45, 2.75) is 50.7 Å².